The second-order valence-electron chi connectivity index (χ2n) is 11.5. The zero-order valence-corrected chi connectivity index (χ0v) is 24.3. The highest BCUT2D eigenvalue weighted by Crippen LogP contribution is 2.51. The van der Waals surface area contributed by atoms with Crippen LogP contribution in [0.5, 0.6) is 11.5 Å². The average Bonchev–Trinajstić information content (AvgIpc) is 3.45. The van der Waals surface area contributed by atoms with Gasteiger partial charge in [-0.3, -0.25) is 9.88 Å². The molecule has 0 unspecified atom stereocenters. The molecule has 4 atom stereocenters. The van der Waals surface area contributed by atoms with E-state index in [9.17, 15) is 0 Å². The second-order valence-corrected chi connectivity index (χ2v) is 12.4. The van der Waals surface area contributed by atoms with Crippen LogP contribution < -0.4 is 14.4 Å². The maximum Gasteiger partial charge on any atom is 0.292 e. The number of ether oxygens (including phenoxy) is 3. The monoisotopic (exact) mass is 591 g/mol. The SMILES string of the molecule is C[C@]1(c2ccc(Cl)cn2)Oc2cccc(N3CCN(Cc4nc5c(Cl)cccc5n4C[C@@H]4CCO4)[C@@H]4CC[C@@H]43)c2O1. The number of piperazine rings is 1. The maximum absolute atomic E-state index is 6.57. The number of aromatic nitrogens is 3. The molecule has 8 rings (SSSR count). The van der Waals surface area contributed by atoms with E-state index in [1.54, 1.807) is 6.20 Å². The minimum atomic E-state index is -1.01. The number of anilines is 1. The number of halogens is 2. The summed E-state index contributed by atoms with van der Waals surface area (Å²) >= 11 is 12.6. The summed E-state index contributed by atoms with van der Waals surface area (Å²) in [5, 5.41) is 1.28. The van der Waals surface area contributed by atoms with Crippen molar-refractivity contribution >= 4 is 39.9 Å². The number of rotatable bonds is 6. The summed E-state index contributed by atoms with van der Waals surface area (Å²) in [6.45, 7) is 6.17. The van der Waals surface area contributed by atoms with Crippen molar-refractivity contribution in [3.63, 3.8) is 0 Å². The summed E-state index contributed by atoms with van der Waals surface area (Å²) in [4.78, 5) is 14.6. The molecule has 0 N–H and O–H groups in total. The Kier molecular flexibility index (Phi) is 6.11. The molecule has 1 aliphatic carbocycles. The predicted octanol–water partition coefficient (Wildman–Crippen LogP) is 6.02. The summed E-state index contributed by atoms with van der Waals surface area (Å²) in [5.41, 5.74) is 3.73. The molecule has 10 heteroatoms. The van der Waals surface area contributed by atoms with Crippen LogP contribution in [-0.2, 0) is 23.6 Å². The molecule has 4 aromatic rings. The number of benzene rings is 2. The van der Waals surface area contributed by atoms with Gasteiger partial charge < -0.3 is 23.7 Å². The van der Waals surface area contributed by atoms with Crippen molar-refractivity contribution in [2.75, 3.05) is 24.6 Å². The molecular weight excluding hydrogens is 561 g/mol. The van der Waals surface area contributed by atoms with E-state index in [1.807, 2.05) is 43.3 Å². The van der Waals surface area contributed by atoms with Gasteiger partial charge in [-0.1, -0.05) is 35.3 Å². The predicted molar refractivity (Wildman–Crippen MR) is 158 cm³/mol. The van der Waals surface area contributed by atoms with Crippen LogP contribution in [0.4, 0.5) is 5.69 Å². The Bertz CT molecular complexity index is 1620. The molecule has 5 heterocycles. The van der Waals surface area contributed by atoms with Crippen molar-refractivity contribution in [2.45, 2.75) is 63.3 Å². The average molecular weight is 593 g/mol. The number of pyridine rings is 1. The Balaban J connectivity index is 1.04. The lowest BCUT2D eigenvalue weighted by Crippen LogP contribution is -2.64. The summed E-state index contributed by atoms with van der Waals surface area (Å²) in [5.74, 6) is 1.58. The highest BCUT2D eigenvalue weighted by atomic mass is 35.5. The van der Waals surface area contributed by atoms with Crippen molar-refractivity contribution < 1.29 is 14.2 Å². The number of nitrogens with zero attached hydrogens (tertiary/aromatic N) is 5. The molecule has 0 radical (unpaired) electrons. The molecule has 0 bridgehead atoms. The minimum Gasteiger partial charge on any atom is -0.443 e. The lowest BCUT2D eigenvalue weighted by molar-refractivity contribution is -0.0717. The van der Waals surface area contributed by atoms with Crippen LogP contribution in [0.3, 0.4) is 0 Å². The number of fused-ring (bicyclic) bond motifs is 3. The molecule has 1 saturated carbocycles. The first-order valence-corrected chi connectivity index (χ1v) is 15.1. The maximum atomic E-state index is 6.57. The van der Waals surface area contributed by atoms with Gasteiger partial charge in [-0.05, 0) is 55.7 Å². The molecule has 4 aliphatic rings. The van der Waals surface area contributed by atoms with Crippen molar-refractivity contribution in [3.8, 4) is 11.5 Å². The van der Waals surface area contributed by atoms with Crippen LogP contribution in [0.2, 0.25) is 10.0 Å². The lowest BCUT2D eigenvalue weighted by Gasteiger charge is -2.54. The summed E-state index contributed by atoms with van der Waals surface area (Å²) in [6, 6.07) is 16.7. The van der Waals surface area contributed by atoms with E-state index in [0.29, 0.717) is 27.8 Å². The number of para-hydroxylation sites is 2. The number of imidazole rings is 1. The molecular formula is C31H31Cl2N5O3. The highest BCUT2D eigenvalue weighted by molar-refractivity contribution is 6.34. The molecule has 0 amide bonds. The quantitative estimate of drug-likeness (QED) is 0.271. The van der Waals surface area contributed by atoms with Crippen LogP contribution in [0.1, 0.15) is 37.7 Å². The fourth-order valence-electron chi connectivity index (χ4n) is 6.70. The van der Waals surface area contributed by atoms with Gasteiger partial charge in [0.25, 0.3) is 5.79 Å². The normalized spacial score (nSPS) is 27.0. The fraction of sp³-hybridized carbons (Fsp3) is 0.419. The van der Waals surface area contributed by atoms with Crippen LogP contribution in [0, 0.1) is 0 Å². The third kappa shape index (κ3) is 4.26. The van der Waals surface area contributed by atoms with E-state index in [2.05, 4.69) is 31.5 Å². The first-order chi connectivity index (χ1) is 20.0. The zero-order chi connectivity index (χ0) is 27.7. The van der Waals surface area contributed by atoms with E-state index in [1.165, 1.54) is 0 Å². The van der Waals surface area contributed by atoms with E-state index in [0.717, 1.165) is 86.1 Å². The van der Waals surface area contributed by atoms with Gasteiger partial charge >= 0.3 is 0 Å². The van der Waals surface area contributed by atoms with E-state index < -0.39 is 5.79 Å². The molecule has 41 heavy (non-hydrogen) atoms. The number of hydrogen-bond acceptors (Lipinski definition) is 7. The van der Waals surface area contributed by atoms with Crippen LogP contribution in [0.15, 0.2) is 54.7 Å². The van der Waals surface area contributed by atoms with Gasteiger partial charge in [-0.25, -0.2) is 4.98 Å². The lowest BCUT2D eigenvalue weighted by atomic mass is 9.81. The van der Waals surface area contributed by atoms with Gasteiger partial charge in [-0.15, -0.1) is 0 Å². The van der Waals surface area contributed by atoms with Crippen molar-refractivity contribution in [1.29, 1.82) is 0 Å². The largest absolute Gasteiger partial charge is 0.443 e. The Morgan fingerprint density at radius 3 is 2.59 bits per heavy atom. The van der Waals surface area contributed by atoms with Crippen molar-refractivity contribution in [2.24, 2.45) is 0 Å². The Morgan fingerprint density at radius 1 is 0.976 bits per heavy atom. The van der Waals surface area contributed by atoms with Gasteiger partial charge in [0.15, 0.2) is 11.5 Å². The van der Waals surface area contributed by atoms with Crippen LogP contribution >= 0.6 is 23.2 Å². The van der Waals surface area contributed by atoms with Gasteiger partial charge in [-0.2, -0.15) is 0 Å². The van der Waals surface area contributed by atoms with E-state index in [4.69, 9.17) is 42.4 Å². The van der Waals surface area contributed by atoms with Gasteiger partial charge in [0.05, 0.1) is 40.4 Å². The third-order valence-corrected chi connectivity index (χ3v) is 9.62. The van der Waals surface area contributed by atoms with Crippen molar-refractivity contribution in [1.82, 2.24) is 19.4 Å². The standard InChI is InChI=1S/C31H31Cl2N5O3/c1-31(27-11-8-19(32)16-34-27)40-26-7-3-6-25(30(26)41-31)37-14-13-36(22-9-10-23(22)37)18-28-35-29-21(33)4-2-5-24(29)38(28)17-20-12-15-39-20/h2-8,11,16,20,22-23H,9-10,12-15,17-18H2,1H3/t20-,22+,23-,31-/m0/s1. The summed E-state index contributed by atoms with van der Waals surface area (Å²) < 4.78 is 21.0. The second kappa shape index (κ2) is 9.76. The molecule has 3 fully saturated rings. The van der Waals surface area contributed by atoms with Crippen molar-refractivity contribution in [3.05, 3.63) is 76.3 Å². The fourth-order valence-corrected chi connectivity index (χ4v) is 7.03. The molecule has 2 saturated heterocycles. The summed E-state index contributed by atoms with van der Waals surface area (Å²) in [6.07, 6.45) is 5.25. The van der Waals surface area contributed by atoms with Crippen LogP contribution in [-0.4, -0.2) is 57.3 Å². The third-order valence-electron chi connectivity index (χ3n) is 9.09. The smallest absolute Gasteiger partial charge is 0.292 e. The first-order valence-electron chi connectivity index (χ1n) is 14.4. The Hall–Kier alpha value is -3.04. The molecule has 212 valence electrons. The van der Waals surface area contributed by atoms with Crippen LogP contribution in [0.25, 0.3) is 11.0 Å². The molecule has 2 aromatic heterocycles. The zero-order valence-electron chi connectivity index (χ0n) is 22.8. The molecule has 3 aliphatic heterocycles. The number of hydrogen-bond donors (Lipinski definition) is 0. The first kappa shape index (κ1) is 25.7. The molecule has 0 spiro atoms. The highest BCUT2D eigenvalue weighted by Gasteiger charge is 2.47. The topological polar surface area (TPSA) is 64.9 Å². The molecule has 2 aromatic carbocycles. The minimum absolute atomic E-state index is 0.245. The van der Waals surface area contributed by atoms with Gasteiger partial charge in [0, 0.05) is 44.9 Å². The Morgan fingerprint density at radius 2 is 1.83 bits per heavy atom. The van der Waals surface area contributed by atoms with E-state index >= 15 is 0 Å². The van der Waals surface area contributed by atoms with Gasteiger partial charge in [0.1, 0.15) is 17.0 Å². The summed E-state index contributed by atoms with van der Waals surface area (Å²) in [7, 11) is 0. The van der Waals surface area contributed by atoms with E-state index in [-0.39, 0.29) is 6.10 Å². The molecule has 8 nitrogen and oxygen atoms in total. The Labute approximate surface area is 248 Å². The van der Waals surface area contributed by atoms with Gasteiger partial charge in [0.2, 0.25) is 0 Å².